The number of piperidine rings is 1. The molecule has 4 rings (SSSR count). The molecule has 1 aliphatic heterocycles. The minimum atomic E-state index is 0.0147. The summed E-state index contributed by atoms with van der Waals surface area (Å²) in [6, 6.07) is 15.4. The molecule has 0 radical (unpaired) electrons. The minimum Gasteiger partial charge on any atom is -0.490 e. The Balaban J connectivity index is 1.17. The molecule has 1 fully saturated rings. The van der Waals surface area contributed by atoms with E-state index in [0.717, 1.165) is 59.4 Å². The molecule has 8 heteroatoms. The Kier molecular flexibility index (Phi) is 8.25. The van der Waals surface area contributed by atoms with Crippen molar-refractivity contribution in [3.8, 4) is 16.3 Å². The van der Waals surface area contributed by atoms with E-state index in [9.17, 15) is 4.79 Å². The van der Waals surface area contributed by atoms with E-state index in [-0.39, 0.29) is 12.0 Å². The van der Waals surface area contributed by atoms with Gasteiger partial charge in [-0.15, -0.1) is 11.3 Å². The summed E-state index contributed by atoms with van der Waals surface area (Å²) in [6.45, 7) is 5.36. The van der Waals surface area contributed by atoms with Crippen molar-refractivity contribution in [2.45, 2.75) is 32.3 Å². The van der Waals surface area contributed by atoms with Gasteiger partial charge in [-0.3, -0.25) is 4.79 Å². The number of ether oxygens (including phenoxy) is 1. The Morgan fingerprint density at radius 3 is 2.64 bits per heavy atom. The van der Waals surface area contributed by atoms with Gasteiger partial charge in [0.25, 0.3) is 0 Å². The maximum atomic E-state index is 12.5. The van der Waals surface area contributed by atoms with Gasteiger partial charge in [0.2, 0.25) is 5.91 Å². The third kappa shape index (κ3) is 6.70. The van der Waals surface area contributed by atoms with Crippen LogP contribution < -0.4 is 10.1 Å². The van der Waals surface area contributed by atoms with Crippen LogP contribution in [0.25, 0.3) is 10.6 Å². The fraction of sp³-hybridized carbons (Fsp3) is 0.360. The molecule has 0 saturated carbocycles. The van der Waals surface area contributed by atoms with Gasteiger partial charge in [0.15, 0.2) is 0 Å². The normalized spacial score (nSPS) is 14.9. The largest absolute Gasteiger partial charge is 0.490 e. The molecule has 5 nitrogen and oxygen atoms in total. The molecule has 1 aromatic heterocycles. The lowest BCUT2D eigenvalue weighted by atomic mass is 10.1. The molecule has 3 aromatic rings. The summed E-state index contributed by atoms with van der Waals surface area (Å²) < 4.78 is 6.05. The van der Waals surface area contributed by atoms with Crippen molar-refractivity contribution in [2.75, 3.05) is 26.2 Å². The Morgan fingerprint density at radius 1 is 1.15 bits per heavy atom. The van der Waals surface area contributed by atoms with Gasteiger partial charge in [0.1, 0.15) is 16.9 Å². The fourth-order valence-electron chi connectivity index (χ4n) is 3.86. The molecule has 0 unspecified atom stereocenters. The number of likely N-dealkylation sites (tertiary alicyclic amines) is 1. The van der Waals surface area contributed by atoms with E-state index in [1.165, 1.54) is 0 Å². The van der Waals surface area contributed by atoms with Gasteiger partial charge >= 0.3 is 0 Å². The molecule has 1 aliphatic rings. The van der Waals surface area contributed by atoms with E-state index in [1.54, 1.807) is 23.5 Å². The molecule has 174 valence electrons. The molecular weight excluding hydrogens is 477 g/mol. The van der Waals surface area contributed by atoms with Crippen molar-refractivity contribution >= 4 is 40.4 Å². The standard InChI is InChI=1S/C25H27Cl2N3O2S/c1-17-23(29-25(33-17)18-5-3-2-4-6-18)16-24(31)28-11-14-30-12-9-19(10-13-30)32-20-7-8-21(26)22(27)15-20/h2-8,15,19H,9-14,16H2,1H3,(H,28,31). The Hall–Kier alpha value is -2.12. The first-order valence-corrected chi connectivity index (χ1v) is 12.7. The quantitative estimate of drug-likeness (QED) is 0.432. The van der Waals surface area contributed by atoms with Gasteiger partial charge in [-0.1, -0.05) is 53.5 Å². The van der Waals surface area contributed by atoms with Crippen LogP contribution in [0.15, 0.2) is 48.5 Å². The molecule has 1 saturated heterocycles. The fourth-order valence-corrected chi connectivity index (χ4v) is 5.08. The third-order valence-electron chi connectivity index (χ3n) is 5.72. The number of hydrogen-bond donors (Lipinski definition) is 1. The second-order valence-electron chi connectivity index (χ2n) is 8.15. The predicted molar refractivity (Wildman–Crippen MR) is 136 cm³/mol. The first kappa shape index (κ1) is 24.0. The lowest BCUT2D eigenvalue weighted by Crippen LogP contribution is -2.42. The second-order valence-corrected chi connectivity index (χ2v) is 10.2. The SMILES string of the molecule is Cc1sc(-c2ccccc2)nc1CC(=O)NCCN1CCC(Oc2ccc(Cl)c(Cl)c2)CC1. The Morgan fingerprint density at radius 2 is 1.91 bits per heavy atom. The highest BCUT2D eigenvalue weighted by molar-refractivity contribution is 7.15. The monoisotopic (exact) mass is 503 g/mol. The van der Waals surface area contributed by atoms with E-state index in [0.29, 0.717) is 23.0 Å². The zero-order valence-corrected chi connectivity index (χ0v) is 20.8. The van der Waals surface area contributed by atoms with E-state index in [4.69, 9.17) is 27.9 Å². The van der Waals surface area contributed by atoms with Crippen molar-refractivity contribution in [3.05, 3.63) is 69.1 Å². The van der Waals surface area contributed by atoms with Crippen molar-refractivity contribution < 1.29 is 9.53 Å². The van der Waals surface area contributed by atoms with E-state index in [2.05, 4.69) is 15.2 Å². The van der Waals surface area contributed by atoms with Crippen molar-refractivity contribution in [1.29, 1.82) is 0 Å². The van der Waals surface area contributed by atoms with Gasteiger partial charge in [0.05, 0.1) is 22.2 Å². The van der Waals surface area contributed by atoms with E-state index in [1.807, 2.05) is 43.3 Å². The maximum absolute atomic E-state index is 12.5. The highest BCUT2D eigenvalue weighted by Gasteiger charge is 2.21. The summed E-state index contributed by atoms with van der Waals surface area (Å²) >= 11 is 13.7. The number of aryl methyl sites for hydroxylation is 1. The van der Waals surface area contributed by atoms with Crippen LogP contribution in [0.2, 0.25) is 10.0 Å². The van der Waals surface area contributed by atoms with Crippen LogP contribution in [0.1, 0.15) is 23.4 Å². The number of amides is 1. The smallest absolute Gasteiger partial charge is 0.226 e. The summed E-state index contributed by atoms with van der Waals surface area (Å²) in [5.74, 6) is 0.767. The Labute approximate surface area is 208 Å². The van der Waals surface area contributed by atoms with Gasteiger partial charge < -0.3 is 15.0 Å². The zero-order valence-electron chi connectivity index (χ0n) is 18.5. The number of nitrogens with one attached hydrogen (secondary N) is 1. The van der Waals surface area contributed by atoms with Gasteiger partial charge in [-0.25, -0.2) is 4.98 Å². The number of nitrogens with zero attached hydrogens (tertiary/aromatic N) is 2. The van der Waals surface area contributed by atoms with Gasteiger partial charge in [-0.05, 0) is 31.9 Å². The number of benzene rings is 2. The average molecular weight is 504 g/mol. The first-order valence-electron chi connectivity index (χ1n) is 11.1. The topological polar surface area (TPSA) is 54.5 Å². The predicted octanol–water partition coefficient (Wildman–Crippen LogP) is 5.63. The number of aromatic nitrogens is 1. The molecule has 2 aromatic carbocycles. The number of carbonyl (C=O) groups excluding carboxylic acids is 1. The molecule has 0 atom stereocenters. The molecule has 0 bridgehead atoms. The summed E-state index contributed by atoms with van der Waals surface area (Å²) in [7, 11) is 0. The molecule has 1 amide bonds. The lowest BCUT2D eigenvalue weighted by Gasteiger charge is -2.32. The number of halogens is 2. The van der Waals surface area contributed by atoms with Crippen LogP contribution in [0.3, 0.4) is 0 Å². The van der Waals surface area contributed by atoms with E-state index >= 15 is 0 Å². The van der Waals surface area contributed by atoms with Crippen LogP contribution in [-0.2, 0) is 11.2 Å². The maximum Gasteiger partial charge on any atom is 0.226 e. The zero-order chi connectivity index (χ0) is 23.2. The Bertz CT molecular complexity index is 1080. The van der Waals surface area contributed by atoms with Gasteiger partial charge in [0, 0.05) is 42.7 Å². The van der Waals surface area contributed by atoms with Crippen LogP contribution in [-0.4, -0.2) is 48.1 Å². The highest BCUT2D eigenvalue weighted by atomic mass is 35.5. The van der Waals surface area contributed by atoms with Crippen LogP contribution in [0, 0.1) is 6.92 Å². The molecular formula is C25H27Cl2N3O2S. The number of hydrogen-bond acceptors (Lipinski definition) is 5. The van der Waals surface area contributed by atoms with Crippen LogP contribution >= 0.6 is 34.5 Å². The summed E-state index contributed by atoms with van der Waals surface area (Å²) in [5.41, 5.74) is 1.94. The third-order valence-corrected chi connectivity index (χ3v) is 7.52. The molecule has 2 heterocycles. The molecule has 0 aliphatic carbocycles. The van der Waals surface area contributed by atoms with Crippen molar-refractivity contribution in [3.63, 3.8) is 0 Å². The average Bonchev–Trinajstić information content (AvgIpc) is 3.18. The van der Waals surface area contributed by atoms with Crippen molar-refractivity contribution in [2.24, 2.45) is 0 Å². The number of thiazole rings is 1. The second kappa shape index (κ2) is 11.3. The van der Waals surface area contributed by atoms with Crippen LogP contribution in [0.5, 0.6) is 5.75 Å². The van der Waals surface area contributed by atoms with Gasteiger partial charge in [-0.2, -0.15) is 0 Å². The molecule has 1 N–H and O–H groups in total. The minimum absolute atomic E-state index is 0.0147. The lowest BCUT2D eigenvalue weighted by molar-refractivity contribution is -0.120. The highest BCUT2D eigenvalue weighted by Crippen LogP contribution is 2.29. The molecule has 0 spiro atoms. The number of carbonyl (C=O) groups is 1. The van der Waals surface area contributed by atoms with E-state index < -0.39 is 0 Å². The van der Waals surface area contributed by atoms with Crippen molar-refractivity contribution in [1.82, 2.24) is 15.2 Å². The first-order chi connectivity index (χ1) is 16.0. The number of rotatable bonds is 8. The summed E-state index contributed by atoms with van der Waals surface area (Å²) in [4.78, 5) is 20.6. The summed E-state index contributed by atoms with van der Waals surface area (Å²) in [5, 5.41) is 5.04. The van der Waals surface area contributed by atoms with Crippen LogP contribution in [0.4, 0.5) is 0 Å². The molecule has 33 heavy (non-hydrogen) atoms. The summed E-state index contributed by atoms with van der Waals surface area (Å²) in [6.07, 6.45) is 2.36.